The van der Waals surface area contributed by atoms with Crippen LogP contribution >= 0.6 is 12.4 Å². The second-order valence-electron chi connectivity index (χ2n) is 5.41. The summed E-state index contributed by atoms with van der Waals surface area (Å²) in [5.41, 5.74) is 1.22. The molecule has 0 saturated heterocycles. The fourth-order valence-corrected chi connectivity index (χ4v) is 1.31. The third-order valence-electron chi connectivity index (χ3n) is 2.33. The van der Waals surface area contributed by atoms with Crippen molar-refractivity contribution in [2.24, 2.45) is 0 Å². The topological polar surface area (TPSA) is 41.5 Å². The Morgan fingerprint density at radius 1 is 1.22 bits per heavy atom. The number of nitrogens with one attached hydrogen (secondary N) is 1. The number of aliphatic hydroxyl groups is 1. The fourth-order valence-electron chi connectivity index (χ4n) is 1.31. The Morgan fingerprint density at radius 2 is 1.78 bits per heavy atom. The number of hydrogen-bond acceptors (Lipinski definition) is 3. The highest BCUT2D eigenvalue weighted by Gasteiger charge is 2.12. The van der Waals surface area contributed by atoms with Gasteiger partial charge in [-0.1, -0.05) is 17.7 Å². The molecule has 3 nitrogen and oxygen atoms in total. The number of β-amino-alcohol motifs (C(OH)–C–C–N with tert-alkyl or cyclic N) is 1. The Labute approximate surface area is 116 Å². The van der Waals surface area contributed by atoms with Crippen LogP contribution in [0.5, 0.6) is 5.75 Å². The van der Waals surface area contributed by atoms with Crippen molar-refractivity contribution in [3.05, 3.63) is 29.8 Å². The predicted molar refractivity (Wildman–Crippen MR) is 77.7 cm³/mol. The SMILES string of the molecule is Cc1ccc(OCC(O)CNC(C)(C)C)cc1.Cl. The first-order valence-corrected chi connectivity index (χ1v) is 5.99. The first-order valence-electron chi connectivity index (χ1n) is 5.99. The Bertz CT molecular complexity index is 333. The van der Waals surface area contributed by atoms with Crippen LogP contribution in [-0.2, 0) is 0 Å². The number of rotatable bonds is 5. The first kappa shape index (κ1) is 17.2. The van der Waals surface area contributed by atoms with Crippen molar-refractivity contribution in [2.75, 3.05) is 13.2 Å². The molecule has 18 heavy (non-hydrogen) atoms. The smallest absolute Gasteiger partial charge is 0.119 e. The van der Waals surface area contributed by atoms with Gasteiger partial charge in [0, 0.05) is 12.1 Å². The summed E-state index contributed by atoms with van der Waals surface area (Å²) in [5, 5.41) is 13.0. The Hall–Kier alpha value is -0.770. The molecule has 0 heterocycles. The van der Waals surface area contributed by atoms with Gasteiger partial charge in [-0.25, -0.2) is 0 Å². The van der Waals surface area contributed by atoms with E-state index in [0.717, 1.165) is 5.75 Å². The average molecular weight is 274 g/mol. The van der Waals surface area contributed by atoms with E-state index < -0.39 is 6.10 Å². The molecule has 0 amide bonds. The van der Waals surface area contributed by atoms with Gasteiger partial charge in [-0.05, 0) is 39.8 Å². The van der Waals surface area contributed by atoms with E-state index >= 15 is 0 Å². The maximum atomic E-state index is 9.74. The summed E-state index contributed by atoms with van der Waals surface area (Å²) in [6.07, 6.45) is -0.490. The van der Waals surface area contributed by atoms with Crippen molar-refractivity contribution in [1.29, 1.82) is 0 Å². The van der Waals surface area contributed by atoms with E-state index in [0.29, 0.717) is 13.2 Å². The van der Waals surface area contributed by atoms with E-state index in [9.17, 15) is 5.11 Å². The summed E-state index contributed by atoms with van der Waals surface area (Å²) < 4.78 is 5.50. The van der Waals surface area contributed by atoms with Gasteiger partial charge in [0.05, 0.1) is 0 Å². The molecule has 1 atom stereocenters. The van der Waals surface area contributed by atoms with Crippen LogP contribution in [-0.4, -0.2) is 29.9 Å². The maximum Gasteiger partial charge on any atom is 0.119 e. The minimum absolute atomic E-state index is 0. The van der Waals surface area contributed by atoms with Gasteiger partial charge < -0.3 is 15.2 Å². The van der Waals surface area contributed by atoms with Gasteiger partial charge in [0.15, 0.2) is 0 Å². The molecule has 0 aliphatic heterocycles. The second-order valence-corrected chi connectivity index (χ2v) is 5.41. The highest BCUT2D eigenvalue weighted by Crippen LogP contribution is 2.11. The average Bonchev–Trinajstić information content (AvgIpc) is 2.25. The third kappa shape index (κ3) is 7.54. The van der Waals surface area contributed by atoms with Gasteiger partial charge >= 0.3 is 0 Å². The van der Waals surface area contributed by atoms with E-state index in [1.165, 1.54) is 5.56 Å². The molecule has 1 aromatic carbocycles. The Morgan fingerprint density at radius 3 is 2.28 bits per heavy atom. The van der Waals surface area contributed by atoms with Gasteiger partial charge in [0.1, 0.15) is 18.5 Å². The molecule has 1 rings (SSSR count). The van der Waals surface area contributed by atoms with Crippen LogP contribution < -0.4 is 10.1 Å². The van der Waals surface area contributed by atoms with Gasteiger partial charge in [-0.15, -0.1) is 12.4 Å². The van der Waals surface area contributed by atoms with Crippen LogP contribution in [0.1, 0.15) is 26.3 Å². The molecule has 0 bridgehead atoms. The molecule has 1 aromatic rings. The van der Waals surface area contributed by atoms with Crippen LogP contribution in [0.15, 0.2) is 24.3 Å². The zero-order chi connectivity index (χ0) is 12.9. The molecule has 1 unspecified atom stereocenters. The highest BCUT2D eigenvalue weighted by molar-refractivity contribution is 5.85. The van der Waals surface area contributed by atoms with Crippen molar-refractivity contribution < 1.29 is 9.84 Å². The zero-order valence-electron chi connectivity index (χ0n) is 11.6. The van der Waals surface area contributed by atoms with Crippen LogP contribution in [0.4, 0.5) is 0 Å². The summed E-state index contributed by atoms with van der Waals surface area (Å²) >= 11 is 0. The van der Waals surface area contributed by atoms with Crippen LogP contribution in [0.3, 0.4) is 0 Å². The van der Waals surface area contributed by atoms with Crippen LogP contribution in [0.25, 0.3) is 0 Å². The lowest BCUT2D eigenvalue weighted by atomic mass is 10.1. The van der Waals surface area contributed by atoms with E-state index in [2.05, 4.69) is 26.1 Å². The molecule has 4 heteroatoms. The monoisotopic (exact) mass is 273 g/mol. The van der Waals surface area contributed by atoms with Gasteiger partial charge in [-0.3, -0.25) is 0 Å². The van der Waals surface area contributed by atoms with Crippen molar-refractivity contribution in [2.45, 2.75) is 39.3 Å². The quantitative estimate of drug-likeness (QED) is 0.866. The Balaban J connectivity index is 0.00000289. The van der Waals surface area contributed by atoms with Crippen molar-refractivity contribution >= 4 is 12.4 Å². The minimum atomic E-state index is -0.490. The van der Waals surface area contributed by atoms with E-state index in [4.69, 9.17) is 4.74 Å². The highest BCUT2D eigenvalue weighted by atomic mass is 35.5. The zero-order valence-corrected chi connectivity index (χ0v) is 12.4. The van der Waals surface area contributed by atoms with Crippen LogP contribution in [0, 0.1) is 6.92 Å². The van der Waals surface area contributed by atoms with Gasteiger partial charge in [-0.2, -0.15) is 0 Å². The minimum Gasteiger partial charge on any atom is -0.491 e. The van der Waals surface area contributed by atoms with Gasteiger partial charge in [0.2, 0.25) is 0 Å². The number of aryl methyl sites for hydroxylation is 1. The number of ether oxygens (including phenoxy) is 1. The normalized spacial score (nSPS) is 12.7. The van der Waals surface area contributed by atoms with E-state index in [1.807, 2.05) is 31.2 Å². The number of benzene rings is 1. The molecule has 104 valence electrons. The van der Waals surface area contributed by atoms with Crippen molar-refractivity contribution in [3.8, 4) is 5.75 Å². The molecular weight excluding hydrogens is 250 g/mol. The van der Waals surface area contributed by atoms with E-state index in [-0.39, 0.29) is 17.9 Å². The molecule has 0 radical (unpaired) electrons. The lowest BCUT2D eigenvalue weighted by Crippen LogP contribution is -2.42. The molecule has 0 spiro atoms. The first-order chi connectivity index (χ1) is 7.87. The Kier molecular flexibility index (Phi) is 7.29. The summed E-state index contributed by atoms with van der Waals surface area (Å²) in [5.74, 6) is 0.797. The number of aliphatic hydroxyl groups excluding tert-OH is 1. The number of halogens is 1. The molecular formula is C14H24ClNO2. The summed E-state index contributed by atoms with van der Waals surface area (Å²) in [6.45, 7) is 9.09. The number of hydrogen-bond donors (Lipinski definition) is 2. The molecule has 2 N–H and O–H groups in total. The summed E-state index contributed by atoms with van der Waals surface area (Å²) in [7, 11) is 0. The molecule has 0 aliphatic carbocycles. The lowest BCUT2D eigenvalue weighted by Gasteiger charge is -2.22. The molecule has 0 aromatic heterocycles. The second kappa shape index (κ2) is 7.62. The fraction of sp³-hybridized carbons (Fsp3) is 0.571. The van der Waals surface area contributed by atoms with Crippen LogP contribution in [0.2, 0.25) is 0 Å². The predicted octanol–water partition coefficient (Wildman–Crippen LogP) is 2.54. The largest absolute Gasteiger partial charge is 0.491 e. The maximum absolute atomic E-state index is 9.74. The summed E-state index contributed by atoms with van der Waals surface area (Å²) in [6, 6.07) is 7.82. The van der Waals surface area contributed by atoms with Crippen molar-refractivity contribution in [3.63, 3.8) is 0 Å². The standard InChI is InChI=1S/C14H23NO2.ClH/c1-11-5-7-13(8-6-11)17-10-12(16)9-15-14(2,3)4;/h5-8,12,15-16H,9-10H2,1-4H3;1H. The summed E-state index contributed by atoms with van der Waals surface area (Å²) in [4.78, 5) is 0. The molecule has 0 fully saturated rings. The molecule has 0 aliphatic rings. The van der Waals surface area contributed by atoms with E-state index in [1.54, 1.807) is 0 Å². The van der Waals surface area contributed by atoms with Gasteiger partial charge in [0.25, 0.3) is 0 Å². The lowest BCUT2D eigenvalue weighted by molar-refractivity contribution is 0.100. The van der Waals surface area contributed by atoms with Crippen molar-refractivity contribution in [1.82, 2.24) is 5.32 Å². The third-order valence-corrected chi connectivity index (χ3v) is 2.33. The molecule has 0 saturated carbocycles.